The van der Waals surface area contributed by atoms with E-state index < -0.39 is 35.3 Å². The molecule has 0 saturated carbocycles. The van der Waals surface area contributed by atoms with Crippen LogP contribution in [0.5, 0.6) is 0 Å². The maximum atomic E-state index is 13.1. The van der Waals surface area contributed by atoms with Crippen LogP contribution in [-0.2, 0) is 25.9 Å². The van der Waals surface area contributed by atoms with E-state index in [4.69, 9.17) is 11.6 Å². The van der Waals surface area contributed by atoms with Crippen molar-refractivity contribution in [1.29, 1.82) is 0 Å². The molecule has 2 heterocycles. The Hall–Kier alpha value is -4.32. The lowest BCUT2D eigenvalue weighted by Crippen LogP contribution is -2.25. The first-order chi connectivity index (χ1) is 18.7. The Labute approximate surface area is 228 Å². The first-order valence-electron chi connectivity index (χ1n) is 11.5. The molecule has 0 atom stereocenters. The molecule has 0 unspecified atom stereocenters. The summed E-state index contributed by atoms with van der Waals surface area (Å²) in [5, 5.41) is 4.92. The third-order valence-electron chi connectivity index (χ3n) is 5.85. The molecule has 4 rings (SSSR count). The average Bonchev–Trinajstić information content (AvgIpc) is 3.26. The fourth-order valence-electron chi connectivity index (χ4n) is 3.83. The quantitative estimate of drug-likeness (QED) is 0.242. The SMILES string of the molecule is Cn1cc(NC(=O)c2ccccc2-c2ccc(C(F)(F)F)cc2)cc1C(=O)NCc1ncc(C(F)(F)F)cc1Cl. The highest BCUT2D eigenvalue weighted by atomic mass is 35.5. The van der Waals surface area contributed by atoms with Gasteiger partial charge in [0.1, 0.15) is 5.69 Å². The summed E-state index contributed by atoms with van der Waals surface area (Å²) in [6.07, 6.45) is -7.02. The highest BCUT2D eigenvalue weighted by Crippen LogP contribution is 2.33. The first kappa shape index (κ1) is 28.7. The molecule has 4 aromatic rings. The smallest absolute Gasteiger partial charge is 0.345 e. The molecule has 40 heavy (non-hydrogen) atoms. The zero-order valence-corrected chi connectivity index (χ0v) is 21.2. The van der Waals surface area contributed by atoms with Crippen molar-refractivity contribution in [3.8, 4) is 11.1 Å². The molecular weight excluding hydrogens is 562 g/mol. The monoisotopic (exact) mass is 580 g/mol. The second-order valence-corrected chi connectivity index (χ2v) is 9.04. The van der Waals surface area contributed by atoms with Crippen LogP contribution in [-0.4, -0.2) is 21.4 Å². The van der Waals surface area contributed by atoms with E-state index in [0.717, 1.165) is 12.1 Å². The Kier molecular flexibility index (Phi) is 7.92. The summed E-state index contributed by atoms with van der Waals surface area (Å²) in [6, 6.07) is 12.9. The fraction of sp³-hybridized carbons (Fsp3) is 0.148. The van der Waals surface area contributed by atoms with Crippen molar-refractivity contribution in [3.05, 3.63) is 106 Å². The predicted molar refractivity (Wildman–Crippen MR) is 136 cm³/mol. The Morgan fingerprint density at radius 2 is 1.55 bits per heavy atom. The second-order valence-electron chi connectivity index (χ2n) is 8.63. The Balaban J connectivity index is 1.47. The van der Waals surface area contributed by atoms with Gasteiger partial charge in [-0.15, -0.1) is 0 Å². The Morgan fingerprint density at radius 1 is 0.900 bits per heavy atom. The van der Waals surface area contributed by atoms with E-state index in [1.54, 1.807) is 25.2 Å². The molecule has 2 aromatic heterocycles. The fourth-order valence-corrected chi connectivity index (χ4v) is 4.07. The number of alkyl halides is 6. The van der Waals surface area contributed by atoms with E-state index in [1.165, 1.54) is 35.0 Å². The largest absolute Gasteiger partial charge is 0.417 e. The number of carbonyl (C=O) groups is 2. The van der Waals surface area contributed by atoms with Gasteiger partial charge in [-0.25, -0.2) is 0 Å². The molecule has 2 amide bonds. The highest BCUT2D eigenvalue weighted by Gasteiger charge is 2.32. The number of benzene rings is 2. The van der Waals surface area contributed by atoms with E-state index >= 15 is 0 Å². The van der Waals surface area contributed by atoms with Gasteiger partial charge in [-0.2, -0.15) is 26.3 Å². The van der Waals surface area contributed by atoms with Crippen LogP contribution in [0, 0.1) is 0 Å². The minimum atomic E-state index is -4.61. The summed E-state index contributed by atoms with van der Waals surface area (Å²) in [5.74, 6) is -1.17. The Bertz CT molecular complexity index is 1560. The number of hydrogen-bond donors (Lipinski definition) is 2. The van der Waals surface area contributed by atoms with Crippen molar-refractivity contribution in [2.45, 2.75) is 18.9 Å². The van der Waals surface area contributed by atoms with Gasteiger partial charge >= 0.3 is 12.4 Å². The summed E-state index contributed by atoms with van der Waals surface area (Å²) >= 11 is 5.88. The molecule has 0 aliphatic carbocycles. The van der Waals surface area contributed by atoms with Crippen molar-refractivity contribution in [3.63, 3.8) is 0 Å². The van der Waals surface area contributed by atoms with E-state index in [1.807, 2.05) is 0 Å². The molecule has 0 spiro atoms. The standard InChI is InChI=1S/C27H19ClF6N4O2/c1-38-14-18(11-23(38)25(40)36-13-22-21(28)10-17(12-35-22)27(32,33)34)37-24(39)20-5-3-2-4-19(20)15-6-8-16(9-7-15)26(29,30)31/h2-12,14H,13H2,1H3,(H,36,40)(H,37,39). The molecule has 0 aliphatic heterocycles. The zero-order valence-electron chi connectivity index (χ0n) is 20.5. The normalized spacial score (nSPS) is 11.8. The molecular formula is C27H19ClF6N4O2. The number of aryl methyl sites for hydroxylation is 1. The third-order valence-corrected chi connectivity index (χ3v) is 6.18. The van der Waals surface area contributed by atoms with Crippen LogP contribution < -0.4 is 10.6 Å². The van der Waals surface area contributed by atoms with Gasteiger partial charge in [0.05, 0.1) is 34.1 Å². The molecule has 0 aliphatic rings. The number of aromatic nitrogens is 2. The molecule has 13 heteroatoms. The number of nitrogens with one attached hydrogen (secondary N) is 2. The number of hydrogen-bond acceptors (Lipinski definition) is 3. The van der Waals surface area contributed by atoms with Crippen molar-refractivity contribution in [2.24, 2.45) is 7.05 Å². The van der Waals surface area contributed by atoms with Crippen molar-refractivity contribution in [1.82, 2.24) is 14.9 Å². The second kappa shape index (κ2) is 11.0. The van der Waals surface area contributed by atoms with E-state index in [0.29, 0.717) is 23.4 Å². The van der Waals surface area contributed by atoms with Gasteiger partial charge in [0, 0.05) is 25.0 Å². The van der Waals surface area contributed by atoms with Crippen LogP contribution in [0.15, 0.2) is 73.1 Å². The lowest BCUT2D eigenvalue weighted by Gasteiger charge is -2.11. The van der Waals surface area contributed by atoms with E-state index in [-0.39, 0.29) is 34.2 Å². The number of halogens is 7. The number of rotatable bonds is 6. The van der Waals surface area contributed by atoms with Gasteiger partial charge in [-0.3, -0.25) is 14.6 Å². The topological polar surface area (TPSA) is 76.0 Å². The van der Waals surface area contributed by atoms with Crippen LogP contribution in [0.25, 0.3) is 11.1 Å². The van der Waals surface area contributed by atoms with Gasteiger partial charge in [-0.05, 0) is 41.5 Å². The van der Waals surface area contributed by atoms with Crippen LogP contribution in [0.1, 0.15) is 37.7 Å². The minimum Gasteiger partial charge on any atom is -0.345 e. The maximum Gasteiger partial charge on any atom is 0.417 e. The lowest BCUT2D eigenvalue weighted by molar-refractivity contribution is -0.138. The average molecular weight is 581 g/mol. The van der Waals surface area contributed by atoms with Crippen LogP contribution in [0.3, 0.4) is 0 Å². The van der Waals surface area contributed by atoms with Gasteiger partial charge in [-0.1, -0.05) is 41.9 Å². The molecule has 0 fully saturated rings. The number of anilines is 1. The summed E-state index contributed by atoms with van der Waals surface area (Å²) in [5.41, 5.74) is -0.420. The molecule has 0 bridgehead atoms. The summed E-state index contributed by atoms with van der Waals surface area (Å²) in [6.45, 7) is -0.247. The first-order valence-corrected chi connectivity index (χ1v) is 11.9. The number of carbonyl (C=O) groups excluding carboxylic acids is 2. The third kappa shape index (κ3) is 6.45. The molecule has 0 saturated heterocycles. The van der Waals surface area contributed by atoms with Crippen LogP contribution in [0.2, 0.25) is 5.02 Å². The number of pyridine rings is 1. The summed E-state index contributed by atoms with van der Waals surface area (Å²) in [7, 11) is 1.55. The molecule has 208 valence electrons. The zero-order chi connectivity index (χ0) is 29.2. The van der Waals surface area contributed by atoms with Crippen LogP contribution in [0.4, 0.5) is 32.0 Å². The molecule has 6 nitrogen and oxygen atoms in total. The molecule has 2 N–H and O–H groups in total. The van der Waals surface area contributed by atoms with Gasteiger partial charge < -0.3 is 15.2 Å². The van der Waals surface area contributed by atoms with Crippen molar-refractivity contribution >= 4 is 29.1 Å². The van der Waals surface area contributed by atoms with E-state index in [9.17, 15) is 35.9 Å². The van der Waals surface area contributed by atoms with Gasteiger partial charge in [0.2, 0.25) is 0 Å². The lowest BCUT2D eigenvalue weighted by atomic mass is 9.98. The summed E-state index contributed by atoms with van der Waals surface area (Å²) < 4.78 is 78.6. The predicted octanol–water partition coefficient (Wildman–Crippen LogP) is 6.96. The van der Waals surface area contributed by atoms with Gasteiger partial charge in [0.15, 0.2) is 0 Å². The Morgan fingerprint density at radius 3 is 2.17 bits per heavy atom. The molecule has 0 radical (unpaired) electrons. The van der Waals surface area contributed by atoms with Crippen molar-refractivity contribution in [2.75, 3.05) is 5.32 Å². The minimum absolute atomic E-state index is 0.0330. The van der Waals surface area contributed by atoms with Gasteiger partial charge in [0.25, 0.3) is 11.8 Å². The summed E-state index contributed by atoms with van der Waals surface area (Å²) in [4.78, 5) is 29.4. The molecule has 2 aromatic carbocycles. The maximum absolute atomic E-state index is 13.1. The van der Waals surface area contributed by atoms with Crippen molar-refractivity contribution < 1.29 is 35.9 Å². The highest BCUT2D eigenvalue weighted by molar-refractivity contribution is 6.31. The number of amides is 2. The number of nitrogens with zero attached hydrogens (tertiary/aromatic N) is 2. The van der Waals surface area contributed by atoms with Crippen LogP contribution >= 0.6 is 11.6 Å². The van der Waals surface area contributed by atoms with E-state index in [2.05, 4.69) is 15.6 Å².